The topological polar surface area (TPSA) is 12.4 Å². The second kappa shape index (κ2) is 2.82. The van der Waals surface area contributed by atoms with E-state index in [0.29, 0.717) is 27.2 Å². The lowest BCUT2D eigenvalue weighted by molar-refractivity contribution is 0.611. The highest BCUT2D eigenvalue weighted by molar-refractivity contribution is 9.10. The van der Waals surface area contributed by atoms with Crippen LogP contribution in [-0.4, -0.2) is 6.21 Å². The first kappa shape index (κ1) is 8.20. The van der Waals surface area contributed by atoms with Crippen molar-refractivity contribution in [2.75, 3.05) is 0 Å². The third-order valence-corrected chi connectivity index (χ3v) is 3.04. The van der Waals surface area contributed by atoms with Crippen LogP contribution in [0, 0.1) is 5.82 Å². The Labute approximate surface area is 82.4 Å². The van der Waals surface area contributed by atoms with Crippen molar-refractivity contribution in [1.82, 2.24) is 0 Å². The number of hydrogen-bond donors (Lipinski definition) is 0. The SMILES string of the molecule is Fc1cc(Br)c(Cl)c2c1CN=C2. The molecule has 12 heavy (non-hydrogen) atoms. The van der Waals surface area contributed by atoms with Crippen molar-refractivity contribution in [3.8, 4) is 0 Å². The number of benzene rings is 1. The quantitative estimate of drug-likeness (QED) is 0.625. The summed E-state index contributed by atoms with van der Waals surface area (Å²) in [6.45, 7) is 0.397. The van der Waals surface area contributed by atoms with Crippen LogP contribution in [0.15, 0.2) is 15.5 Å². The van der Waals surface area contributed by atoms with E-state index in [1.165, 1.54) is 6.07 Å². The fourth-order valence-electron chi connectivity index (χ4n) is 1.18. The number of hydrogen-bond acceptors (Lipinski definition) is 1. The molecular weight excluding hydrogens is 244 g/mol. The smallest absolute Gasteiger partial charge is 0.130 e. The highest BCUT2D eigenvalue weighted by Gasteiger charge is 2.17. The highest BCUT2D eigenvalue weighted by atomic mass is 79.9. The minimum atomic E-state index is -0.251. The zero-order valence-electron chi connectivity index (χ0n) is 5.94. The van der Waals surface area contributed by atoms with Gasteiger partial charge in [-0.05, 0) is 22.0 Å². The molecule has 0 fully saturated rings. The van der Waals surface area contributed by atoms with Gasteiger partial charge < -0.3 is 0 Å². The molecule has 1 nitrogen and oxygen atoms in total. The summed E-state index contributed by atoms with van der Waals surface area (Å²) in [6, 6.07) is 1.37. The van der Waals surface area contributed by atoms with E-state index in [4.69, 9.17) is 11.6 Å². The molecule has 0 unspecified atom stereocenters. The van der Waals surface area contributed by atoms with E-state index in [1.54, 1.807) is 6.21 Å². The standard InChI is InChI=1S/C8H4BrClFN/c9-6-1-7(11)4-2-12-3-5(4)8(6)10/h1,3H,2H2. The van der Waals surface area contributed by atoms with Gasteiger partial charge in [0, 0.05) is 21.8 Å². The summed E-state index contributed by atoms with van der Waals surface area (Å²) < 4.78 is 13.7. The number of rotatable bonds is 0. The second-order valence-electron chi connectivity index (χ2n) is 2.52. The van der Waals surface area contributed by atoms with Crippen LogP contribution in [0.2, 0.25) is 5.02 Å². The number of fused-ring (bicyclic) bond motifs is 1. The molecule has 0 aromatic heterocycles. The average molecular weight is 248 g/mol. The van der Waals surface area contributed by atoms with E-state index in [1.807, 2.05) is 0 Å². The van der Waals surface area contributed by atoms with E-state index in [-0.39, 0.29) is 5.82 Å². The van der Waals surface area contributed by atoms with Crippen molar-refractivity contribution in [1.29, 1.82) is 0 Å². The van der Waals surface area contributed by atoms with Crippen LogP contribution in [0.25, 0.3) is 0 Å². The Hall–Kier alpha value is -0.410. The summed E-state index contributed by atoms with van der Waals surface area (Å²) in [5.74, 6) is -0.251. The first-order chi connectivity index (χ1) is 5.70. The van der Waals surface area contributed by atoms with E-state index in [0.717, 1.165) is 0 Å². The van der Waals surface area contributed by atoms with Gasteiger partial charge >= 0.3 is 0 Å². The Balaban J connectivity index is 2.75. The minimum Gasteiger partial charge on any atom is -0.288 e. The van der Waals surface area contributed by atoms with Crippen LogP contribution >= 0.6 is 27.5 Å². The van der Waals surface area contributed by atoms with Gasteiger partial charge in [-0.2, -0.15) is 0 Å². The zero-order valence-corrected chi connectivity index (χ0v) is 8.28. The van der Waals surface area contributed by atoms with Gasteiger partial charge in [0.05, 0.1) is 11.6 Å². The molecule has 0 aliphatic carbocycles. The fourth-order valence-corrected chi connectivity index (χ4v) is 1.81. The Morgan fingerprint density at radius 2 is 2.33 bits per heavy atom. The molecule has 0 atom stereocenters. The summed E-state index contributed by atoms with van der Waals surface area (Å²) in [6.07, 6.45) is 1.60. The van der Waals surface area contributed by atoms with Gasteiger partial charge in [-0.25, -0.2) is 4.39 Å². The fraction of sp³-hybridized carbons (Fsp3) is 0.125. The molecule has 0 saturated carbocycles. The molecule has 0 amide bonds. The Morgan fingerprint density at radius 1 is 1.58 bits per heavy atom. The van der Waals surface area contributed by atoms with Gasteiger partial charge in [0.25, 0.3) is 0 Å². The maximum Gasteiger partial charge on any atom is 0.130 e. The summed E-state index contributed by atoms with van der Waals surface area (Å²) in [5.41, 5.74) is 1.28. The van der Waals surface area contributed by atoms with E-state index in [9.17, 15) is 4.39 Å². The number of aliphatic imine (C=N–C) groups is 1. The summed E-state index contributed by atoms with van der Waals surface area (Å²) >= 11 is 9.07. The highest BCUT2D eigenvalue weighted by Crippen LogP contribution is 2.32. The molecule has 1 aromatic carbocycles. The van der Waals surface area contributed by atoms with Crippen LogP contribution in [0.4, 0.5) is 4.39 Å². The van der Waals surface area contributed by atoms with E-state index in [2.05, 4.69) is 20.9 Å². The van der Waals surface area contributed by atoms with Gasteiger partial charge in [0.1, 0.15) is 5.82 Å². The van der Waals surface area contributed by atoms with Gasteiger partial charge in [-0.1, -0.05) is 11.6 Å². The van der Waals surface area contributed by atoms with Crippen LogP contribution < -0.4 is 0 Å². The monoisotopic (exact) mass is 247 g/mol. The van der Waals surface area contributed by atoms with Gasteiger partial charge in [0.15, 0.2) is 0 Å². The van der Waals surface area contributed by atoms with Crippen LogP contribution in [0.1, 0.15) is 11.1 Å². The molecule has 1 aliphatic rings. The van der Waals surface area contributed by atoms with E-state index < -0.39 is 0 Å². The molecule has 0 radical (unpaired) electrons. The third-order valence-electron chi connectivity index (χ3n) is 1.78. The molecule has 0 bridgehead atoms. The lowest BCUT2D eigenvalue weighted by Crippen LogP contribution is -1.92. The summed E-state index contributed by atoms with van der Waals surface area (Å²) in [5, 5.41) is 0.535. The first-order valence-corrected chi connectivity index (χ1v) is 4.53. The molecule has 1 aromatic rings. The molecule has 1 heterocycles. The molecule has 0 saturated heterocycles. The van der Waals surface area contributed by atoms with Crippen LogP contribution in [0.3, 0.4) is 0 Å². The average Bonchev–Trinajstić information content (AvgIpc) is 2.48. The summed E-state index contributed by atoms with van der Waals surface area (Å²) in [4.78, 5) is 3.94. The normalized spacial score (nSPS) is 13.6. The number of nitrogens with zero attached hydrogens (tertiary/aromatic N) is 1. The molecular formula is C8H4BrClFN. The zero-order chi connectivity index (χ0) is 8.72. The molecule has 2 rings (SSSR count). The van der Waals surface area contributed by atoms with Crippen molar-refractivity contribution < 1.29 is 4.39 Å². The molecule has 1 aliphatic heterocycles. The van der Waals surface area contributed by atoms with Gasteiger partial charge in [-0.3, -0.25) is 4.99 Å². The third kappa shape index (κ3) is 1.08. The van der Waals surface area contributed by atoms with Crippen LogP contribution in [-0.2, 0) is 6.54 Å². The Morgan fingerprint density at radius 3 is 3.08 bits per heavy atom. The second-order valence-corrected chi connectivity index (χ2v) is 3.75. The lowest BCUT2D eigenvalue weighted by Gasteiger charge is -2.03. The lowest BCUT2D eigenvalue weighted by atomic mass is 10.1. The predicted octanol–water partition coefficient (Wildman–Crippen LogP) is 3.17. The Kier molecular flexibility index (Phi) is 1.93. The van der Waals surface area contributed by atoms with E-state index >= 15 is 0 Å². The molecule has 62 valence electrons. The molecule has 0 spiro atoms. The molecule has 0 N–H and O–H groups in total. The summed E-state index contributed by atoms with van der Waals surface area (Å²) in [7, 11) is 0. The van der Waals surface area contributed by atoms with Gasteiger partial charge in [-0.15, -0.1) is 0 Å². The Bertz CT molecular complexity index is 376. The maximum atomic E-state index is 13.2. The maximum absolute atomic E-state index is 13.2. The van der Waals surface area contributed by atoms with Crippen molar-refractivity contribution in [2.45, 2.75) is 6.54 Å². The van der Waals surface area contributed by atoms with Crippen molar-refractivity contribution in [3.05, 3.63) is 32.5 Å². The molecule has 4 heteroatoms. The largest absolute Gasteiger partial charge is 0.288 e. The minimum absolute atomic E-state index is 0.251. The van der Waals surface area contributed by atoms with Crippen molar-refractivity contribution in [3.63, 3.8) is 0 Å². The van der Waals surface area contributed by atoms with Crippen molar-refractivity contribution >= 4 is 33.7 Å². The van der Waals surface area contributed by atoms with Crippen molar-refractivity contribution in [2.24, 2.45) is 4.99 Å². The number of halogens is 3. The first-order valence-electron chi connectivity index (χ1n) is 3.36. The van der Waals surface area contributed by atoms with Gasteiger partial charge in [0.2, 0.25) is 0 Å². The predicted molar refractivity (Wildman–Crippen MR) is 50.4 cm³/mol. The van der Waals surface area contributed by atoms with Crippen LogP contribution in [0.5, 0.6) is 0 Å².